The summed E-state index contributed by atoms with van der Waals surface area (Å²) >= 11 is 0. The number of alkyl halides is 8. The van der Waals surface area contributed by atoms with Gasteiger partial charge >= 0.3 is 24.3 Å². The summed E-state index contributed by atoms with van der Waals surface area (Å²) in [6.07, 6.45) is -0.241. The number of amides is 4. The van der Waals surface area contributed by atoms with Crippen molar-refractivity contribution in [3.05, 3.63) is 71.8 Å². The number of hydrogen-bond acceptors (Lipinski definition) is 22. The average molecular weight is 1790 g/mol. The fourth-order valence-electron chi connectivity index (χ4n) is 18.5. The molecule has 2 aromatic carbocycles. The molecule has 26 nitrogen and oxygen atoms in total. The van der Waals surface area contributed by atoms with Crippen molar-refractivity contribution in [3.8, 4) is 35.0 Å². The number of methoxy groups -OCH3 is 2. The number of allylic oxidation sites excluding steroid dienone is 4. The van der Waals surface area contributed by atoms with E-state index in [0.29, 0.717) is 98.6 Å². The van der Waals surface area contributed by atoms with Gasteiger partial charge in [-0.15, -0.1) is 0 Å². The van der Waals surface area contributed by atoms with Crippen LogP contribution in [0.1, 0.15) is 195 Å². The summed E-state index contributed by atoms with van der Waals surface area (Å²) in [5.41, 5.74) is -6.98. The highest BCUT2D eigenvalue weighted by Gasteiger charge is 2.66. The van der Waals surface area contributed by atoms with Crippen molar-refractivity contribution in [2.24, 2.45) is 58.2 Å². The van der Waals surface area contributed by atoms with Gasteiger partial charge in [-0.3, -0.25) is 47.8 Å². The second-order valence-electron chi connectivity index (χ2n) is 37.0. The standard InChI is InChI=1S/2C44H55F4N3O10S/c2*1-25-9-6-7-10-27-21-43(27,40(55)50-62(56,57)42(24-45)14-15-42)22-35(52)34-19-29(60-38-31-13-12-28(58-5)18-33(31)30-11-8-16-59-37(30)49-38)23-51(34)39(54)32(26(2)17-25)20-36(53)61-41(3,4)44(46,47)48/h2*7,10,12-13,18,25-27,29,32,34H,6,8-9,11,14-17,19-24H2,1-5H3,(H,50,55)/b2*10-7-/t25-,26+,27+,29+,32-,34-,43+;25-,26-,27-,29-,32+,34+,43-/m01/s1. The third-order valence-corrected chi connectivity index (χ3v) is 31.4. The first-order valence-corrected chi connectivity index (χ1v) is 45.7. The molecule has 4 amide bonds. The van der Waals surface area contributed by atoms with E-state index in [9.17, 15) is 90.3 Å². The highest BCUT2D eigenvalue weighted by atomic mass is 32.2. The number of ether oxygens (including phenoxy) is 8. The molecule has 10 aliphatic rings. The summed E-state index contributed by atoms with van der Waals surface area (Å²) in [5, 5.41) is 2.81. The van der Waals surface area contributed by atoms with Crippen molar-refractivity contribution in [2.75, 3.05) is 53.9 Å². The Kier molecular flexibility index (Phi) is 26.4. The molecule has 0 radical (unpaired) electrons. The van der Waals surface area contributed by atoms with Crippen molar-refractivity contribution in [1.82, 2.24) is 29.2 Å². The topological polar surface area (TPSA) is 335 Å². The second kappa shape index (κ2) is 35.3. The van der Waals surface area contributed by atoms with Gasteiger partial charge in [0.05, 0.1) is 88.1 Å². The zero-order chi connectivity index (χ0) is 90.0. The van der Waals surface area contributed by atoms with Crippen LogP contribution in [0, 0.1) is 58.2 Å². The SMILES string of the molecule is COc1ccc2c(O[C@@H]3C[C@H]4C(=O)C[C@]5(C(=O)NS(=O)(=O)C6(CF)CC6)C[C@H]5/C=C\CC[C@@H](C)C[C@@H](C)[C@H](CC(=O)OC(C)(C)C(F)(F)F)C(=O)N4C3)nc3c(c2c1)CCCO3.COc1ccc2c(O[C@@H]3C[C@H]4C(=O)C[C@]5(C(=O)NS(=O)(=O)C6(CF)CC6)C[C@H]5/C=C\CC[C@H](C)C[C@@H](C)[C@H](CC(=O)OC(C)(C)C(F)(F)F)C(=O)N4C3)nc3c(c2c1)CCCO3. The third-order valence-electron chi connectivity index (χ3n) is 27.2. The number of nitrogens with one attached hydrogen (secondary N) is 2. The number of ketones is 2. The Morgan fingerprint density at radius 2 is 0.919 bits per heavy atom. The van der Waals surface area contributed by atoms with Gasteiger partial charge < -0.3 is 47.7 Å². The van der Waals surface area contributed by atoms with Gasteiger partial charge in [0.25, 0.3) is 0 Å². The molecule has 0 spiro atoms. The number of Topliss-reactive ketones (excluding diaryl/α,β-unsaturated/α-hetero) is 2. The summed E-state index contributed by atoms with van der Waals surface area (Å²) in [6.45, 7) is 8.44. The van der Waals surface area contributed by atoms with E-state index in [2.05, 4.69) is 9.44 Å². The Morgan fingerprint density at radius 1 is 0.548 bits per heavy atom. The average Bonchev–Trinajstić information content (AvgIpc) is 1.56. The number of rotatable bonds is 20. The maximum atomic E-state index is 15.0. The number of aryl methyl sites for hydroxylation is 2. The molecule has 4 aliphatic carbocycles. The summed E-state index contributed by atoms with van der Waals surface area (Å²) in [4.78, 5) is 126. The van der Waals surface area contributed by atoms with E-state index >= 15 is 0 Å². The van der Waals surface area contributed by atoms with Crippen LogP contribution < -0.4 is 37.9 Å². The van der Waals surface area contributed by atoms with Crippen LogP contribution in [0.5, 0.6) is 35.0 Å². The molecule has 4 saturated carbocycles. The fourth-order valence-corrected chi connectivity index (χ4v) is 21.4. The van der Waals surface area contributed by atoms with E-state index in [4.69, 9.17) is 47.9 Å². The molecule has 0 unspecified atom stereocenters. The number of carbonyl (C=O) groups excluding carboxylic acids is 8. The maximum Gasteiger partial charge on any atom is 0.427 e. The van der Waals surface area contributed by atoms with Crippen LogP contribution in [0.15, 0.2) is 60.7 Å². The molecule has 680 valence electrons. The van der Waals surface area contributed by atoms with Gasteiger partial charge in [-0.1, -0.05) is 52.0 Å². The predicted octanol–water partition coefficient (Wildman–Crippen LogP) is 13.5. The van der Waals surface area contributed by atoms with Gasteiger partial charge in [-0.2, -0.15) is 36.3 Å². The largest absolute Gasteiger partial charge is 0.497 e. The summed E-state index contributed by atoms with van der Waals surface area (Å²) in [7, 11) is -5.77. The van der Waals surface area contributed by atoms with Crippen molar-refractivity contribution in [2.45, 2.75) is 254 Å². The van der Waals surface area contributed by atoms with Crippen molar-refractivity contribution >= 4 is 88.7 Å². The Morgan fingerprint density at radius 3 is 1.26 bits per heavy atom. The fraction of sp³-hybridized carbons (Fsp3) is 0.659. The monoisotopic (exact) mass is 1790 g/mol. The number of esters is 2. The number of pyridine rings is 2. The summed E-state index contributed by atoms with van der Waals surface area (Å²) < 4.78 is 211. The molecule has 2 saturated heterocycles. The molecule has 6 fully saturated rings. The molecule has 0 bridgehead atoms. The molecule has 8 heterocycles. The van der Waals surface area contributed by atoms with Crippen molar-refractivity contribution < 1.29 is 128 Å². The molecule has 14 rings (SSSR count). The number of carbonyl (C=O) groups is 8. The first-order chi connectivity index (χ1) is 58.3. The highest BCUT2D eigenvalue weighted by Crippen LogP contribution is 2.60. The van der Waals surface area contributed by atoms with Crippen LogP contribution in [-0.4, -0.2) is 195 Å². The van der Waals surface area contributed by atoms with Crippen molar-refractivity contribution in [3.63, 3.8) is 0 Å². The van der Waals surface area contributed by atoms with Crippen LogP contribution in [0.4, 0.5) is 35.1 Å². The molecule has 2 aromatic heterocycles. The van der Waals surface area contributed by atoms with E-state index in [1.54, 1.807) is 64.5 Å². The normalized spacial score (nSPS) is 29.5. The number of nitrogens with zero attached hydrogens (tertiary/aromatic N) is 4. The number of halogens is 8. The Labute approximate surface area is 715 Å². The lowest BCUT2D eigenvalue weighted by molar-refractivity contribution is -0.257. The van der Waals surface area contributed by atoms with Crippen LogP contribution in [-0.2, 0) is 80.7 Å². The lowest BCUT2D eigenvalue weighted by Crippen LogP contribution is -2.49. The quantitative estimate of drug-likeness (QED) is 0.0471. The Bertz CT molecular complexity index is 4800. The number of aromatic nitrogens is 2. The molecule has 124 heavy (non-hydrogen) atoms. The minimum atomic E-state index is -4.89. The second-order valence-corrected chi connectivity index (χ2v) is 41.2. The van der Waals surface area contributed by atoms with Gasteiger partial charge in [-0.05, 0) is 213 Å². The molecule has 14 atom stereocenters. The van der Waals surface area contributed by atoms with E-state index in [0.717, 1.165) is 62.4 Å². The molecular formula is C88H110F8N6O20S2. The smallest absolute Gasteiger partial charge is 0.427 e. The maximum absolute atomic E-state index is 15.0. The van der Waals surface area contributed by atoms with Gasteiger partial charge in [0.1, 0.15) is 46.6 Å². The number of fused-ring (bicyclic) bond motifs is 10. The first-order valence-electron chi connectivity index (χ1n) is 42.7. The van der Waals surface area contributed by atoms with E-state index < -0.39 is 210 Å². The molecular weight excluding hydrogens is 1680 g/mol. The van der Waals surface area contributed by atoms with E-state index in [1.165, 1.54) is 9.80 Å². The molecule has 6 aliphatic heterocycles. The van der Waals surface area contributed by atoms with Gasteiger partial charge in [0.2, 0.25) is 78.4 Å². The van der Waals surface area contributed by atoms with E-state index in [1.807, 2.05) is 38.1 Å². The van der Waals surface area contributed by atoms with Gasteiger partial charge in [0.15, 0.2) is 11.6 Å². The zero-order valence-electron chi connectivity index (χ0n) is 71.3. The highest BCUT2D eigenvalue weighted by molar-refractivity contribution is 7.92. The molecule has 2 N–H and O–H groups in total. The Hall–Kier alpha value is -8.96. The summed E-state index contributed by atoms with van der Waals surface area (Å²) in [6, 6.07) is 8.25. The van der Waals surface area contributed by atoms with Crippen molar-refractivity contribution in [1.29, 1.82) is 0 Å². The van der Waals surface area contributed by atoms with Crippen LogP contribution in [0.25, 0.3) is 21.5 Å². The number of hydrogen-bond donors (Lipinski definition) is 2. The van der Waals surface area contributed by atoms with Gasteiger partial charge in [-0.25, -0.2) is 25.6 Å². The zero-order valence-corrected chi connectivity index (χ0v) is 72.9. The van der Waals surface area contributed by atoms with E-state index in [-0.39, 0.29) is 88.1 Å². The first kappa shape index (κ1) is 92.7. The minimum absolute atomic E-state index is 0.0261. The molecule has 4 aromatic rings. The molecule has 36 heteroatoms. The lowest BCUT2D eigenvalue weighted by Gasteiger charge is -2.33. The number of sulfonamides is 2. The predicted molar refractivity (Wildman–Crippen MR) is 435 cm³/mol. The third kappa shape index (κ3) is 19.0. The van der Waals surface area contributed by atoms with Gasteiger partial charge in [0, 0.05) is 47.6 Å². The van der Waals surface area contributed by atoms with Crippen LogP contribution in [0.2, 0.25) is 0 Å². The Balaban J connectivity index is 0.000000213. The summed E-state index contributed by atoms with van der Waals surface area (Å²) in [5.74, 6) is -9.20. The number of benzene rings is 2. The van der Waals surface area contributed by atoms with Crippen LogP contribution >= 0.6 is 0 Å². The minimum Gasteiger partial charge on any atom is -0.497 e. The lowest BCUT2D eigenvalue weighted by atomic mass is 9.82. The van der Waals surface area contributed by atoms with Crippen LogP contribution in [0.3, 0.4) is 0 Å².